The van der Waals surface area contributed by atoms with Gasteiger partial charge in [-0.25, -0.2) is 19.3 Å². The molecule has 0 radical (unpaired) electrons. The molecule has 1 fully saturated rings. The molecule has 1 saturated heterocycles. The first-order valence-corrected chi connectivity index (χ1v) is 18.1. The molecular formula is C38H59N5O9. The predicted octanol–water partition coefficient (Wildman–Crippen LogP) is 6.15. The topological polar surface area (TPSA) is 164 Å². The largest absolute Gasteiger partial charge is 0.444 e. The molecule has 0 aromatic heterocycles. The zero-order chi connectivity index (χ0) is 39.2. The molecule has 3 rings (SSSR count). The van der Waals surface area contributed by atoms with E-state index in [-0.39, 0.29) is 43.2 Å². The molecule has 2 heterocycles. The summed E-state index contributed by atoms with van der Waals surface area (Å²) < 4.78 is 16.4. The van der Waals surface area contributed by atoms with Gasteiger partial charge in [-0.3, -0.25) is 19.7 Å². The summed E-state index contributed by atoms with van der Waals surface area (Å²) in [7, 11) is 0. The molecule has 2 N–H and O–H groups in total. The van der Waals surface area contributed by atoms with E-state index in [0.29, 0.717) is 44.5 Å². The van der Waals surface area contributed by atoms with Gasteiger partial charge in [-0.2, -0.15) is 0 Å². The first kappa shape index (κ1) is 42.1. The molecule has 290 valence electrons. The van der Waals surface area contributed by atoms with Gasteiger partial charge in [0.1, 0.15) is 22.8 Å². The minimum Gasteiger partial charge on any atom is -0.444 e. The van der Waals surface area contributed by atoms with Crippen molar-refractivity contribution >= 4 is 41.7 Å². The first-order valence-electron chi connectivity index (χ1n) is 18.1. The van der Waals surface area contributed by atoms with Gasteiger partial charge in [0.25, 0.3) is 5.91 Å². The molecule has 0 saturated carbocycles. The minimum absolute atomic E-state index is 0.0671. The normalized spacial score (nSPS) is 16.6. The van der Waals surface area contributed by atoms with E-state index in [1.54, 1.807) is 68.4 Å². The Hall–Kier alpha value is -4.36. The number of alkyl carbamates (subject to hydrolysis) is 1. The molecule has 1 aromatic carbocycles. The van der Waals surface area contributed by atoms with Crippen molar-refractivity contribution in [3.63, 3.8) is 0 Å². The molecule has 1 unspecified atom stereocenters. The van der Waals surface area contributed by atoms with E-state index in [1.165, 1.54) is 4.90 Å². The molecule has 2 aliphatic rings. The molecular weight excluding hydrogens is 670 g/mol. The standard InChI is InChI=1S/C38H59N5O9/c1-35(2,3)50-32(47)39-24-38(10,11)19-22-41(20-12-13-21-42(33(48)51-36(4,5)6)34(49)52-37(7,8)9)27-16-14-15-25-26(27)23-43(31(25)46)28-17-18-29(44)40-30(28)45/h14-16,28H,12-13,17-24H2,1-11H3,(H,39,47)(H,40,44,45). The molecule has 0 bridgehead atoms. The van der Waals surface area contributed by atoms with E-state index in [9.17, 15) is 28.8 Å². The van der Waals surface area contributed by atoms with E-state index in [0.717, 1.165) is 16.2 Å². The molecule has 6 amide bonds. The third kappa shape index (κ3) is 12.7. The SMILES string of the molecule is CC(C)(CCN(CCCCN(C(=O)OC(C)(C)C)C(=O)OC(C)(C)C)c1cccc2c1CN(C1CCC(=O)NC1=O)C2=O)CNC(=O)OC(C)(C)C. The van der Waals surface area contributed by atoms with Crippen molar-refractivity contribution in [2.75, 3.05) is 31.1 Å². The highest BCUT2D eigenvalue weighted by molar-refractivity contribution is 6.06. The lowest BCUT2D eigenvalue weighted by Crippen LogP contribution is -2.52. The molecule has 14 heteroatoms. The number of nitrogens with zero attached hydrogens (tertiary/aromatic N) is 3. The van der Waals surface area contributed by atoms with Crippen LogP contribution in [0.25, 0.3) is 0 Å². The Labute approximate surface area is 308 Å². The fourth-order valence-corrected chi connectivity index (χ4v) is 5.83. The number of piperidine rings is 1. The molecule has 14 nitrogen and oxygen atoms in total. The van der Waals surface area contributed by atoms with Crippen LogP contribution in [0.5, 0.6) is 0 Å². The minimum atomic E-state index is -0.813. The Bertz CT molecular complexity index is 1480. The average molecular weight is 730 g/mol. The number of amides is 6. The third-order valence-electron chi connectivity index (χ3n) is 8.35. The van der Waals surface area contributed by atoms with Crippen LogP contribution < -0.4 is 15.5 Å². The van der Waals surface area contributed by atoms with E-state index < -0.39 is 47.0 Å². The highest BCUT2D eigenvalue weighted by atomic mass is 16.6. The lowest BCUT2D eigenvalue weighted by molar-refractivity contribution is -0.136. The van der Waals surface area contributed by atoms with Gasteiger partial charge < -0.3 is 29.3 Å². The second kappa shape index (κ2) is 16.5. The summed E-state index contributed by atoms with van der Waals surface area (Å²) in [6.45, 7) is 21.6. The number of ether oxygens (including phenoxy) is 3. The van der Waals surface area contributed by atoms with Crippen molar-refractivity contribution in [1.29, 1.82) is 0 Å². The average Bonchev–Trinajstić information content (AvgIpc) is 3.31. The number of imide groups is 2. The summed E-state index contributed by atoms with van der Waals surface area (Å²) >= 11 is 0. The number of carbonyl (C=O) groups is 6. The van der Waals surface area contributed by atoms with Crippen LogP contribution in [0.2, 0.25) is 0 Å². The van der Waals surface area contributed by atoms with E-state index in [4.69, 9.17) is 14.2 Å². The van der Waals surface area contributed by atoms with Crippen LogP contribution in [-0.4, -0.2) is 94.8 Å². The van der Waals surface area contributed by atoms with Crippen molar-refractivity contribution in [3.05, 3.63) is 29.3 Å². The quantitative estimate of drug-likeness (QED) is 0.145. The number of carbonyl (C=O) groups excluding carboxylic acids is 6. The zero-order valence-electron chi connectivity index (χ0n) is 32.9. The van der Waals surface area contributed by atoms with Gasteiger partial charge in [0.2, 0.25) is 11.8 Å². The van der Waals surface area contributed by atoms with E-state index >= 15 is 0 Å². The number of rotatable bonds is 12. The Balaban J connectivity index is 1.83. The maximum absolute atomic E-state index is 13.6. The number of unbranched alkanes of at least 4 members (excludes halogenated alkanes) is 1. The number of hydrogen-bond donors (Lipinski definition) is 2. The summed E-state index contributed by atoms with van der Waals surface area (Å²) in [4.78, 5) is 81.4. The van der Waals surface area contributed by atoms with Crippen LogP contribution in [0, 0.1) is 5.41 Å². The maximum Gasteiger partial charge on any atom is 0.419 e. The van der Waals surface area contributed by atoms with Crippen LogP contribution in [0.4, 0.5) is 20.1 Å². The van der Waals surface area contributed by atoms with E-state index in [1.807, 2.05) is 26.0 Å². The van der Waals surface area contributed by atoms with Crippen LogP contribution in [0.3, 0.4) is 0 Å². The van der Waals surface area contributed by atoms with Crippen molar-refractivity contribution in [2.45, 2.75) is 138 Å². The molecule has 2 aliphatic heterocycles. The number of hydrogen-bond acceptors (Lipinski definition) is 10. The van der Waals surface area contributed by atoms with E-state index in [2.05, 4.69) is 15.5 Å². The lowest BCUT2D eigenvalue weighted by atomic mass is 9.89. The third-order valence-corrected chi connectivity index (χ3v) is 8.35. The molecule has 52 heavy (non-hydrogen) atoms. The van der Waals surface area contributed by atoms with Crippen molar-refractivity contribution in [3.8, 4) is 0 Å². The highest BCUT2D eigenvalue weighted by Crippen LogP contribution is 2.35. The van der Waals surface area contributed by atoms with Gasteiger partial charge in [0.05, 0.1) is 0 Å². The van der Waals surface area contributed by atoms with Gasteiger partial charge in [0, 0.05) is 56.0 Å². The summed E-state index contributed by atoms with van der Waals surface area (Å²) in [5, 5.41) is 5.23. The molecule has 1 aromatic rings. The Morgan fingerprint density at radius 1 is 0.827 bits per heavy atom. The van der Waals surface area contributed by atoms with Crippen molar-refractivity contribution in [1.82, 2.24) is 20.4 Å². The number of benzene rings is 1. The summed E-state index contributed by atoms with van der Waals surface area (Å²) in [6, 6.07) is 4.76. The molecule has 0 aliphatic carbocycles. The fraction of sp³-hybridized carbons (Fsp3) is 0.684. The van der Waals surface area contributed by atoms with Gasteiger partial charge in [0.15, 0.2) is 0 Å². The van der Waals surface area contributed by atoms with Crippen LogP contribution in [-0.2, 0) is 30.3 Å². The number of nitrogens with one attached hydrogen (secondary N) is 2. The van der Waals surface area contributed by atoms with Gasteiger partial charge >= 0.3 is 18.3 Å². The van der Waals surface area contributed by atoms with Gasteiger partial charge in [-0.15, -0.1) is 0 Å². The summed E-state index contributed by atoms with van der Waals surface area (Å²) in [5.41, 5.74) is -0.484. The first-order chi connectivity index (χ1) is 23.9. The smallest absolute Gasteiger partial charge is 0.419 e. The monoisotopic (exact) mass is 729 g/mol. The zero-order valence-corrected chi connectivity index (χ0v) is 32.9. The van der Waals surface area contributed by atoms with Crippen molar-refractivity contribution in [2.24, 2.45) is 5.41 Å². The Kier molecular flexibility index (Phi) is 13.4. The molecule has 1 atom stereocenters. The summed E-state index contributed by atoms with van der Waals surface area (Å²) in [6.07, 6.45) is 0.00224. The van der Waals surface area contributed by atoms with Crippen LogP contribution >= 0.6 is 0 Å². The predicted molar refractivity (Wildman–Crippen MR) is 196 cm³/mol. The Morgan fingerprint density at radius 3 is 1.96 bits per heavy atom. The lowest BCUT2D eigenvalue weighted by Gasteiger charge is -2.33. The van der Waals surface area contributed by atoms with Crippen LogP contribution in [0.1, 0.15) is 124 Å². The van der Waals surface area contributed by atoms with Crippen molar-refractivity contribution < 1.29 is 43.0 Å². The van der Waals surface area contributed by atoms with Gasteiger partial charge in [-0.1, -0.05) is 19.9 Å². The Morgan fingerprint density at radius 2 is 1.40 bits per heavy atom. The summed E-state index contributed by atoms with van der Waals surface area (Å²) in [5.74, 6) is -1.09. The van der Waals surface area contributed by atoms with Crippen LogP contribution in [0.15, 0.2) is 18.2 Å². The molecule has 0 spiro atoms. The second-order valence-corrected chi connectivity index (χ2v) is 17.3. The second-order valence-electron chi connectivity index (χ2n) is 17.3. The van der Waals surface area contributed by atoms with Gasteiger partial charge in [-0.05, 0) is 106 Å². The fourth-order valence-electron chi connectivity index (χ4n) is 5.83. The number of fused-ring (bicyclic) bond motifs is 1. The highest BCUT2D eigenvalue weighted by Gasteiger charge is 2.40. The maximum atomic E-state index is 13.6. The number of anilines is 1.